The fraction of sp³-hybridized carbons (Fsp3) is 0.0769. The molecule has 1 aromatic carbocycles. The second-order valence-electron chi connectivity index (χ2n) is 4.03. The van der Waals surface area contributed by atoms with Crippen LogP contribution in [0, 0.1) is 6.92 Å². The molecule has 0 radical (unpaired) electrons. The highest BCUT2D eigenvalue weighted by atomic mass is 79.9. The summed E-state index contributed by atoms with van der Waals surface area (Å²) in [7, 11) is 0. The van der Waals surface area contributed by atoms with Crippen LogP contribution in [0.2, 0.25) is 5.15 Å². The number of nitrogens with one attached hydrogen (secondary N) is 1. The van der Waals surface area contributed by atoms with Gasteiger partial charge >= 0.3 is 0 Å². The minimum absolute atomic E-state index is 0.214. The lowest BCUT2D eigenvalue weighted by Crippen LogP contribution is -2.13. The average molecular weight is 341 g/mol. The number of carbonyl (C=O) groups excluding carboxylic acids is 1. The number of nitrogens with zero attached hydrogens (tertiary/aromatic N) is 1. The van der Waals surface area contributed by atoms with Crippen molar-refractivity contribution in [2.75, 3.05) is 11.1 Å². The van der Waals surface area contributed by atoms with Gasteiger partial charge in [0.15, 0.2) is 0 Å². The van der Waals surface area contributed by atoms with E-state index in [-0.39, 0.29) is 5.91 Å². The van der Waals surface area contributed by atoms with Gasteiger partial charge in [0, 0.05) is 11.3 Å². The van der Waals surface area contributed by atoms with Crippen LogP contribution in [0.25, 0.3) is 0 Å². The van der Waals surface area contributed by atoms with Crippen molar-refractivity contribution in [3.05, 3.63) is 51.2 Å². The summed E-state index contributed by atoms with van der Waals surface area (Å²) in [6, 6.07) is 6.83. The maximum atomic E-state index is 12.1. The van der Waals surface area contributed by atoms with Crippen LogP contribution in [0.4, 0.5) is 11.4 Å². The maximum absolute atomic E-state index is 12.1. The number of hydrogen-bond donors (Lipinski definition) is 2. The zero-order valence-electron chi connectivity index (χ0n) is 10.1. The van der Waals surface area contributed by atoms with Crippen molar-refractivity contribution in [2.24, 2.45) is 0 Å². The Kier molecular flexibility index (Phi) is 4.07. The van der Waals surface area contributed by atoms with E-state index >= 15 is 0 Å². The van der Waals surface area contributed by atoms with Gasteiger partial charge in [-0.05, 0) is 52.7 Å². The number of pyridine rings is 1. The molecule has 1 aromatic heterocycles. The number of benzene rings is 1. The molecule has 0 atom stereocenters. The molecule has 0 unspecified atom stereocenters. The molecule has 0 bridgehead atoms. The highest BCUT2D eigenvalue weighted by Gasteiger charge is 2.10. The third-order valence-corrected chi connectivity index (χ3v) is 3.68. The molecule has 0 aliphatic rings. The molecule has 0 aliphatic carbocycles. The number of nitrogens with two attached hydrogens (primary N) is 1. The summed E-state index contributed by atoms with van der Waals surface area (Å²) in [4.78, 5) is 16.1. The maximum Gasteiger partial charge on any atom is 0.255 e. The molecule has 6 heteroatoms. The predicted octanol–water partition coefficient (Wildman–Crippen LogP) is 3.64. The van der Waals surface area contributed by atoms with Crippen LogP contribution in [0.3, 0.4) is 0 Å². The number of nitrogen functional groups attached to an aromatic ring is 1. The van der Waals surface area contributed by atoms with Crippen molar-refractivity contribution in [2.45, 2.75) is 6.92 Å². The lowest BCUT2D eigenvalue weighted by Gasteiger charge is -2.08. The van der Waals surface area contributed by atoms with E-state index < -0.39 is 0 Å². The summed E-state index contributed by atoms with van der Waals surface area (Å²) in [6.07, 6.45) is 1.50. The SMILES string of the molecule is Cc1cc(N)ccc1C(=O)Nc1cnc(Cl)c(Br)c1. The Hall–Kier alpha value is -1.59. The summed E-state index contributed by atoms with van der Waals surface area (Å²) in [5.74, 6) is -0.214. The van der Waals surface area contributed by atoms with Gasteiger partial charge in [-0.25, -0.2) is 4.98 Å². The zero-order chi connectivity index (χ0) is 14.0. The number of aryl methyl sites for hydroxylation is 1. The van der Waals surface area contributed by atoms with Crippen LogP contribution >= 0.6 is 27.5 Å². The first kappa shape index (κ1) is 13.8. The van der Waals surface area contributed by atoms with Gasteiger partial charge in [-0.15, -0.1) is 0 Å². The first-order chi connectivity index (χ1) is 8.97. The molecule has 3 N–H and O–H groups in total. The van der Waals surface area contributed by atoms with Crippen LogP contribution in [-0.4, -0.2) is 10.9 Å². The summed E-state index contributed by atoms with van der Waals surface area (Å²) in [5.41, 5.74) is 8.24. The molecule has 4 nitrogen and oxygen atoms in total. The fourth-order valence-electron chi connectivity index (χ4n) is 1.63. The fourth-order valence-corrected chi connectivity index (χ4v) is 2.08. The number of hydrogen-bond acceptors (Lipinski definition) is 3. The molecule has 0 saturated carbocycles. The quantitative estimate of drug-likeness (QED) is 0.648. The zero-order valence-corrected chi connectivity index (χ0v) is 12.4. The Morgan fingerprint density at radius 3 is 2.79 bits per heavy atom. The minimum atomic E-state index is -0.214. The van der Waals surface area contributed by atoms with Crippen molar-refractivity contribution in [1.29, 1.82) is 0 Å². The molecule has 0 spiro atoms. The Balaban J connectivity index is 2.23. The van der Waals surface area contributed by atoms with E-state index in [0.29, 0.717) is 26.6 Å². The first-order valence-corrected chi connectivity index (χ1v) is 6.63. The number of rotatable bonds is 2. The minimum Gasteiger partial charge on any atom is -0.399 e. The molecule has 0 fully saturated rings. The van der Waals surface area contributed by atoms with Gasteiger partial charge in [0.25, 0.3) is 5.91 Å². The van der Waals surface area contributed by atoms with Crippen molar-refractivity contribution < 1.29 is 4.79 Å². The van der Waals surface area contributed by atoms with Crippen LogP contribution in [0.15, 0.2) is 34.9 Å². The molecule has 1 amide bonds. The van der Waals surface area contributed by atoms with E-state index in [1.54, 1.807) is 24.3 Å². The Labute approximate surface area is 124 Å². The molecule has 19 heavy (non-hydrogen) atoms. The summed E-state index contributed by atoms with van der Waals surface area (Å²) in [6.45, 7) is 1.83. The van der Waals surface area contributed by atoms with Gasteiger partial charge in [-0.3, -0.25) is 4.79 Å². The predicted molar refractivity (Wildman–Crippen MR) is 80.5 cm³/mol. The molecule has 0 saturated heterocycles. The topological polar surface area (TPSA) is 68.0 Å². The van der Waals surface area contributed by atoms with Gasteiger partial charge < -0.3 is 11.1 Å². The first-order valence-electron chi connectivity index (χ1n) is 5.46. The second-order valence-corrected chi connectivity index (χ2v) is 5.24. The summed E-state index contributed by atoms with van der Waals surface area (Å²) in [5, 5.41) is 3.10. The number of anilines is 2. The number of halogens is 2. The molecule has 98 valence electrons. The van der Waals surface area contributed by atoms with Gasteiger partial charge in [0.2, 0.25) is 0 Å². The normalized spacial score (nSPS) is 10.3. The van der Waals surface area contributed by atoms with Crippen molar-refractivity contribution in [3.8, 4) is 0 Å². The largest absolute Gasteiger partial charge is 0.399 e. The monoisotopic (exact) mass is 339 g/mol. The van der Waals surface area contributed by atoms with Gasteiger partial charge in [-0.2, -0.15) is 0 Å². The van der Waals surface area contributed by atoms with E-state index in [4.69, 9.17) is 17.3 Å². The molecule has 0 aliphatic heterocycles. The van der Waals surface area contributed by atoms with Crippen molar-refractivity contribution in [3.63, 3.8) is 0 Å². The highest BCUT2D eigenvalue weighted by Crippen LogP contribution is 2.23. The third kappa shape index (κ3) is 3.24. The van der Waals surface area contributed by atoms with E-state index in [9.17, 15) is 4.79 Å². The summed E-state index contributed by atoms with van der Waals surface area (Å²) >= 11 is 9.05. The highest BCUT2D eigenvalue weighted by molar-refractivity contribution is 9.10. The smallest absolute Gasteiger partial charge is 0.255 e. The Morgan fingerprint density at radius 2 is 2.16 bits per heavy atom. The van der Waals surface area contributed by atoms with Crippen molar-refractivity contribution >= 4 is 44.8 Å². The van der Waals surface area contributed by atoms with Crippen LogP contribution in [0.5, 0.6) is 0 Å². The average Bonchev–Trinajstić information content (AvgIpc) is 2.33. The molecular formula is C13H11BrClN3O. The lowest BCUT2D eigenvalue weighted by molar-refractivity contribution is 0.102. The molecule has 1 heterocycles. The molecular weight excluding hydrogens is 330 g/mol. The number of amides is 1. The Bertz CT molecular complexity index is 646. The van der Waals surface area contributed by atoms with Gasteiger partial charge in [0.1, 0.15) is 5.15 Å². The van der Waals surface area contributed by atoms with Crippen LogP contribution in [-0.2, 0) is 0 Å². The number of carbonyl (C=O) groups is 1. The van der Waals surface area contributed by atoms with Crippen LogP contribution in [0.1, 0.15) is 15.9 Å². The standard InChI is InChI=1S/C13H11BrClN3O/c1-7-4-8(16)2-3-10(7)13(19)18-9-5-11(14)12(15)17-6-9/h2-6H,16H2,1H3,(H,18,19). The molecule has 2 rings (SSSR count). The summed E-state index contributed by atoms with van der Waals surface area (Å²) < 4.78 is 0.626. The van der Waals surface area contributed by atoms with Crippen molar-refractivity contribution in [1.82, 2.24) is 4.98 Å². The third-order valence-electron chi connectivity index (χ3n) is 2.55. The second kappa shape index (κ2) is 5.59. The van der Waals surface area contributed by atoms with E-state index in [1.165, 1.54) is 6.20 Å². The van der Waals surface area contributed by atoms with Gasteiger partial charge in [0.05, 0.1) is 16.4 Å². The molecule has 2 aromatic rings. The van der Waals surface area contributed by atoms with Crippen LogP contribution < -0.4 is 11.1 Å². The van der Waals surface area contributed by atoms with Gasteiger partial charge in [-0.1, -0.05) is 11.6 Å². The number of aromatic nitrogens is 1. The van der Waals surface area contributed by atoms with E-state index in [1.807, 2.05) is 6.92 Å². The lowest BCUT2D eigenvalue weighted by atomic mass is 10.1. The van der Waals surface area contributed by atoms with E-state index in [0.717, 1.165) is 5.56 Å². The van der Waals surface area contributed by atoms with E-state index in [2.05, 4.69) is 26.2 Å². The Morgan fingerprint density at radius 1 is 1.42 bits per heavy atom.